The first-order valence-corrected chi connectivity index (χ1v) is 9.62. The fourth-order valence-electron chi connectivity index (χ4n) is 3.47. The molecule has 4 rings (SSSR count). The summed E-state index contributed by atoms with van der Waals surface area (Å²) in [6.45, 7) is 2.94. The van der Waals surface area contributed by atoms with Gasteiger partial charge >= 0.3 is 0 Å². The summed E-state index contributed by atoms with van der Waals surface area (Å²) in [5, 5.41) is 8.54. The highest BCUT2D eigenvalue weighted by Crippen LogP contribution is 2.39. The molecule has 0 amide bonds. The van der Waals surface area contributed by atoms with Gasteiger partial charge in [0.2, 0.25) is 5.95 Å². The van der Waals surface area contributed by atoms with Gasteiger partial charge in [-0.05, 0) is 29.7 Å². The molecule has 7 heteroatoms. The quantitative estimate of drug-likeness (QED) is 0.646. The number of hydrogen-bond donors (Lipinski definition) is 1. The van der Waals surface area contributed by atoms with E-state index < -0.39 is 0 Å². The van der Waals surface area contributed by atoms with Crippen molar-refractivity contribution in [2.45, 2.75) is 32.1 Å². The second-order valence-corrected chi connectivity index (χ2v) is 7.59. The Kier molecular flexibility index (Phi) is 4.48. The number of benzene rings is 1. The van der Waals surface area contributed by atoms with Crippen molar-refractivity contribution in [2.75, 3.05) is 11.9 Å². The molecule has 134 valence electrons. The van der Waals surface area contributed by atoms with Crippen molar-refractivity contribution in [3.63, 3.8) is 0 Å². The van der Waals surface area contributed by atoms with Gasteiger partial charge in [0.05, 0.1) is 17.0 Å². The van der Waals surface area contributed by atoms with E-state index in [1.807, 2.05) is 31.4 Å². The normalized spacial score (nSPS) is 16.3. The van der Waals surface area contributed by atoms with Gasteiger partial charge in [-0.2, -0.15) is 10.1 Å². The largest absolute Gasteiger partial charge is 0.354 e. The number of fused-ring (bicyclic) bond motifs is 2. The van der Waals surface area contributed by atoms with E-state index in [4.69, 9.17) is 4.98 Å². The Balaban J connectivity index is 1.85. The van der Waals surface area contributed by atoms with Crippen molar-refractivity contribution in [1.29, 1.82) is 0 Å². The Bertz CT molecular complexity index is 997. The zero-order valence-electron chi connectivity index (χ0n) is 14.8. The Hall–Kier alpha value is -2.28. The fourth-order valence-corrected chi connectivity index (χ4v) is 3.85. The van der Waals surface area contributed by atoms with Gasteiger partial charge in [0.1, 0.15) is 0 Å². The Morgan fingerprint density at radius 3 is 3.00 bits per heavy atom. The second-order valence-electron chi connectivity index (χ2n) is 6.67. The van der Waals surface area contributed by atoms with Crippen LogP contribution in [-0.2, 0) is 18.3 Å². The lowest BCUT2D eigenvalue weighted by molar-refractivity contribution is -0.118. The molecule has 1 unspecified atom stereocenters. The third kappa shape index (κ3) is 3.00. The molecule has 0 bridgehead atoms. The topological polar surface area (TPSA) is 72.7 Å². The molecule has 1 N–H and O–H groups in total. The Morgan fingerprint density at radius 2 is 2.19 bits per heavy atom. The Labute approximate surface area is 160 Å². The van der Waals surface area contributed by atoms with Crippen LogP contribution < -0.4 is 5.32 Å². The Morgan fingerprint density at radius 1 is 1.35 bits per heavy atom. The van der Waals surface area contributed by atoms with E-state index >= 15 is 0 Å². The van der Waals surface area contributed by atoms with Crippen molar-refractivity contribution in [2.24, 2.45) is 7.05 Å². The number of unbranched alkanes of at least 4 members (excludes halogenated alkanes) is 1. The van der Waals surface area contributed by atoms with Crippen molar-refractivity contribution in [3.05, 3.63) is 45.7 Å². The monoisotopic (exact) mass is 413 g/mol. The van der Waals surface area contributed by atoms with Crippen molar-refractivity contribution < 1.29 is 4.79 Å². The van der Waals surface area contributed by atoms with Crippen LogP contribution in [0.4, 0.5) is 5.95 Å². The minimum absolute atomic E-state index is 0.168. The van der Waals surface area contributed by atoms with Crippen molar-refractivity contribution >= 4 is 38.7 Å². The number of nitrogens with zero attached hydrogens (tertiary/aromatic N) is 4. The zero-order chi connectivity index (χ0) is 18.3. The van der Waals surface area contributed by atoms with Gasteiger partial charge in [-0.15, -0.1) is 0 Å². The molecule has 0 aliphatic heterocycles. The van der Waals surface area contributed by atoms with Gasteiger partial charge in [0, 0.05) is 30.7 Å². The van der Waals surface area contributed by atoms with Crippen LogP contribution in [0.2, 0.25) is 0 Å². The number of nitrogens with one attached hydrogen (secondary N) is 1. The summed E-state index contributed by atoms with van der Waals surface area (Å²) in [6.07, 6.45) is 4.46. The molecule has 0 radical (unpaired) electrons. The lowest BCUT2D eigenvalue weighted by Crippen LogP contribution is -2.13. The third-order valence-corrected chi connectivity index (χ3v) is 5.21. The molecule has 0 fully saturated rings. The lowest BCUT2D eigenvalue weighted by Gasteiger charge is -2.13. The maximum absolute atomic E-state index is 12.8. The van der Waals surface area contributed by atoms with Gasteiger partial charge in [-0.25, -0.2) is 4.98 Å². The molecule has 6 nitrogen and oxygen atoms in total. The molecular weight excluding hydrogens is 394 g/mol. The summed E-state index contributed by atoms with van der Waals surface area (Å²) in [7, 11) is 1.86. The first-order valence-electron chi connectivity index (χ1n) is 8.83. The van der Waals surface area contributed by atoms with E-state index in [2.05, 4.69) is 38.3 Å². The number of rotatable bonds is 5. The van der Waals surface area contributed by atoms with Crippen LogP contribution in [0, 0.1) is 0 Å². The van der Waals surface area contributed by atoms with E-state index in [0.29, 0.717) is 18.0 Å². The number of carbonyl (C=O) groups is 1. The maximum Gasteiger partial charge on any atom is 0.225 e. The first kappa shape index (κ1) is 17.1. The van der Waals surface area contributed by atoms with E-state index in [1.54, 1.807) is 4.68 Å². The molecule has 0 saturated heterocycles. The zero-order valence-corrected chi connectivity index (χ0v) is 16.4. The maximum atomic E-state index is 12.8. The van der Waals surface area contributed by atoms with Crippen LogP contribution >= 0.6 is 15.9 Å². The average molecular weight is 414 g/mol. The summed E-state index contributed by atoms with van der Waals surface area (Å²) in [4.78, 5) is 22.1. The van der Waals surface area contributed by atoms with Crippen LogP contribution in [0.25, 0.3) is 11.0 Å². The molecule has 0 saturated carbocycles. The van der Waals surface area contributed by atoms with Gasteiger partial charge in [-0.1, -0.05) is 35.3 Å². The first-order chi connectivity index (χ1) is 12.6. The number of hydrogen-bond acceptors (Lipinski definition) is 5. The molecule has 1 aliphatic carbocycles. The van der Waals surface area contributed by atoms with Gasteiger partial charge < -0.3 is 5.32 Å². The predicted octanol–water partition coefficient (Wildman–Crippen LogP) is 3.59. The number of halogens is 1. The van der Waals surface area contributed by atoms with Crippen molar-refractivity contribution in [3.8, 4) is 0 Å². The summed E-state index contributed by atoms with van der Waals surface area (Å²) < 4.78 is 2.69. The summed E-state index contributed by atoms with van der Waals surface area (Å²) in [5.41, 5.74) is 3.45. The molecule has 1 atom stereocenters. The van der Waals surface area contributed by atoms with E-state index in [9.17, 15) is 4.79 Å². The van der Waals surface area contributed by atoms with Crippen molar-refractivity contribution in [1.82, 2.24) is 19.7 Å². The number of Topliss-reactive ketones (excluding diaryl/α,β-unsaturated/α-hetero) is 1. The molecule has 2 heterocycles. The highest BCUT2D eigenvalue weighted by atomic mass is 79.9. The van der Waals surface area contributed by atoms with Gasteiger partial charge in [0.25, 0.3) is 0 Å². The second kappa shape index (κ2) is 6.79. The van der Waals surface area contributed by atoms with Crippen LogP contribution in [0.15, 0.2) is 28.9 Å². The number of ketones is 1. The average Bonchev–Trinajstić information content (AvgIpc) is 3.12. The van der Waals surface area contributed by atoms with E-state index in [0.717, 1.165) is 46.1 Å². The number of aromatic nitrogens is 4. The highest BCUT2D eigenvalue weighted by molar-refractivity contribution is 9.10. The summed E-state index contributed by atoms with van der Waals surface area (Å²) >= 11 is 3.52. The molecular formula is C19H20BrN5O. The summed E-state index contributed by atoms with van der Waals surface area (Å²) in [5.74, 6) is 0.335. The minimum atomic E-state index is -0.371. The predicted molar refractivity (Wildman–Crippen MR) is 104 cm³/mol. The van der Waals surface area contributed by atoms with Crippen LogP contribution in [-0.4, -0.2) is 32.1 Å². The molecule has 0 spiro atoms. The SMILES string of the molecule is CCCCNc1nc(C2C(=O)Cc3ccc(Br)cc32)c2cn(C)nc2n1. The number of aryl methyl sites for hydroxylation is 1. The molecule has 2 aromatic heterocycles. The van der Waals surface area contributed by atoms with Crippen LogP contribution in [0.3, 0.4) is 0 Å². The number of carbonyl (C=O) groups excluding carboxylic acids is 1. The molecule has 26 heavy (non-hydrogen) atoms. The summed E-state index contributed by atoms with van der Waals surface area (Å²) in [6, 6.07) is 6.02. The smallest absolute Gasteiger partial charge is 0.225 e. The van der Waals surface area contributed by atoms with Gasteiger partial charge in [0.15, 0.2) is 11.4 Å². The van der Waals surface area contributed by atoms with Crippen LogP contribution in [0.5, 0.6) is 0 Å². The third-order valence-electron chi connectivity index (χ3n) is 4.72. The molecule has 1 aliphatic rings. The van der Waals surface area contributed by atoms with E-state index in [-0.39, 0.29) is 11.7 Å². The highest BCUT2D eigenvalue weighted by Gasteiger charge is 2.35. The number of anilines is 1. The van der Waals surface area contributed by atoms with Gasteiger partial charge in [-0.3, -0.25) is 9.48 Å². The standard InChI is InChI=1S/C19H20BrN5O/c1-3-4-7-21-19-22-17(14-10-25(2)24-18(14)23-19)16-13-9-12(20)6-5-11(13)8-15(16)26/h5-6,9-10,16H,3-4,7-8H2,1-2H3,(H,21,23,24). The van der Waals surface area contributed by atoms with Crippen LogP contribution in [0.1, 0.15) is 42.5 Å². The fraction of sp³-hybridized carbons (Fsp3) is 0.368. The molecule has 1 aromatic carbocycles. The molecule has 3 aromatic rings. The lowest BCUT2D eigenvalue weighted by atomic mass is 9.95. The minimum Gasteiger partial charge on any atom is -0.354 e. The van der Waals surface area contributed by atoms with E-state index in [1.165, 1.54) is 0 Å².